The van der Waals surface area contributed by atoms with E-state index >= 15 is 0 Å². The Morgan fingerprint density at radius 1 is 0.926 bits per heavy atom. The standard InChI is InChI=1S/C16H35O2PS2.H3O2PS2.Zn/c1-15(2)11-7-5-9-13-18-19(17,20)21-14-10-6-8-12-16(3)4;1-3(2,4)5;/h15-16H,5-14H2,1-4H3,(H,17,20);(H3,1,2,4,5);/q;;+2/p-2. The summed E-state index contributed by atoms with van der Waals surface area (Å²) in [4.78, 5) is 27.7. The van der Waals surface area contributed by atoms with E-state index in [-0.39, 0.29) is 19.5 Å². The van der Waals surface area contributed by atoms with Gasteiger partial charge in [0, 0.05) is 11.4 Å². The van der Waals surface area contributed by atoms with Crippen molar-refractivity contribution in [2.45, 2.75) is 79.1 Å². The monoisotopic (exact) mass is 546 g/mol. The predicted octanol–water partition coefficient (Wildman–Crippen LogP) is 5.49. The van der Waals surface area contributed by atoms with Gasteiger partial charge in [-0.2, -0.15) is 0 Å². The molecule has 0 aliphatic carbocycles. The predicted molar refractivity (Wildman–Crippen MR) is 125 cm³/mol. The van der Waals surface area contributed by atoms with E-state index in [1.54, 1.807) is 0 Å². The van der Waals surface area contributed by atoms with Gasteiger partial charge in [0.2, 0.25) is 0 Å². The minimum absolute atomic E-state index is 0. The summed E-state index contributed by atoms with van der Waals surface area (Å²) in [7, 11) is 0. The molecule has 0 radical (unpaired) electrons. The van der Waals surface area contributed by atoms with E-state index < -0.39 is 11.4 Å². The van der Waals surface area contributed by atoms with Crippen LogP contribution in [0.3, 0.4) is 0 Å². The maximum atomic E-state index is 12.1. The first kappa shape index (κ1) is 34.1. The molecule has 2 N–H and O–H groups in total. The van der Waals surface area contributed by atoms with Crippen molar-refractivity contribution < 1.29 is 38.7 Å². The van der Waals surface area contributed by atoms with Crippen LogP contribution in [0.15, 0.2) is 0 Å². The largest absolute Gasteiger partial charge is 2.00 e. The molecule has 0 bridgehead atoms. The molecule has 0 aliphatic heterocycles. The summed E-state index contributed by atoms with van der Waals surface area (Å²) in [6.45, 7) is 9.54. The number of hydrogen-bond acceptors (Lipinski definition) is 6. The van der Waals surface area contributed by atoms with Crippen LogP contribution in [0.5, 0.6) is 0 Å². The molecule has 0 aliphatic rings. The number of rotatable bonds is 14. The Labute approximate surface area is 199 Å². The molecule has 0 heterocycles. The molecular formula is C16H36O4P2S4Zn. The van der Waals surface area contributed by atoms with Crippen molar-refractivity contribution >= 4 is 58.6 Å². The molecule has 0 aromatic heterocycles. The molecule has 27 heavy (non-hydrogen) atoms. The van der Waals surface area contributed by atoms with E-state index in [2.05, 4.69) is 51.8 Å². The quantitative estimate of drug-likeness (QED) is 0.128. The van der Waals surface area contributed by atoms with Crippen molar-refractivity contribution in [3.8, 4) is 0 Å². The van der Waals surface area contributed by atoms with Crippen LogP contribution in [-0.2, 0) is 59.9 Å². The first-order valence-corrected chi connectivity index (χ1v) is 17.1. The average molecular weight is 548 g/mol. The summed E-state index contributed by atoms with van der Waals surface area (Å²) in [5.41, 5.74) is -6.05. The Hall–Kier alpha value is 2.46. The molecule has 4 nitrogen and oxygen atoms in total. The maximum Gasteiger partial charge on any atom is 2.00 e. The van der Waals surface area contributed by atoms with E-state index in [1.807, 2.05) is 0 Å². The Kier molecular flexibility index (Phi) is 25.7. The van der Waals surface area contributed by atoms with Crippen molar-refractivity contribution in [2.75, 3.05) is 12.4 Å². The van der Waals surface area contributed by atoms with Crippen LogP contribution in [0.1, 0.15) is 79.1 Å². The van der Waals surface area contributed by atoms with Crippen molar-refractivity contribution in [3.05, 3.63) is 0 Å². The molecule has 160 valence electrons. The molecule has 0 amide bonds. The van der Waals surface area contributed by atoms with Gasteiger partial charge in [-0.25, -0.2) is 0 Å². The van der Waals surface area contributed by atoms with E-state index in [0.29, 0.717) is 6.61 Å². The summed E-state index contributed by atoms with van der Waals surface area (Å²) >= 11 is 14.2. The van der Waals surface area contributed by atoms with Gasteiger partial charge >= 0.3 is 19.5 Å². The average Bonchev–Trinajstić information content (AvgIpc) is 2.44. The number of unbranched alkanes of at least 4 members (excludes halogenated alkanes) is 4. The first-order valence-electron chi connectivity index (χ1n) is 9.20. The molecule has 0 spiro atoms. The van der Waals surface area contributed by atoms with Gasteiger partial charge in [0.05, 0.1) is 6.61 Å². The molecular weight excluding hydrogens is 512 g/mol. The van der Waals surface area contributed by atoms with Crippen LogP contribution in [0.25, 0.3) is 0 Å². The van der Waals surface area contributed by atoms with E-state index in [1.165, 1.54) is 43.5 Å². The zero-order chi connectivity index (χ0) is 20.6. The zero-order valence-corrected chi connectivity index (χ0v) is 25.2. The molecule has 0 saturated heterocycles. The molecule has 11 heteroatoms. The molecule has 1 unspecified atom stereocenters. The summed E-state index contributed by atoms with van der Waals surface area (Å²) in [5.74, 6) is 2.41. The second-order valence-electron chi connectivity index (χ2n) is 7.09. The van der Waals surface area contributed by atoms with Crippen molar-refractivity contribution in [1.82, 2.24) is 0 Å². The third-order valence-electron chi connectivity index (χ3n) is 3.35. The Bertz CT molecular complexity index is 391. The molecule has 1 atom stereocenters. The fraction of sp³-hybridized carbons (Fsp3) is 1.00. The zero-order valence-electron chi connectivity index (χ0n) is 17.2. The van der Waals surface area contributed by atoms with Crippen LogP contribution in [0.4, 0.5) is 0 Å². The van der Waals surface area contributed by atoms with Gasteiger partial charge in [0.1, 0.15) is 0 Å². The molecule has 0 rings (SSSR count). The van der Waals surface area contributed by atoms with Gasteiger partial charge in [-0.05, 0) is 30.4 Å². The normalized spacial score (nSPS) is 13.7. The molecule has 0 aromatic carbocycles. The Morgan fingerprint density at radius 2 is 1.33 bits per heavy atom. The Balaban J connectivity index is -0.000000844. The van der Waals surface area contributed by atoms with Crippen LogP contribution in [-0.4, -0.2) is 22.1 Å². The summed E-state index contributed by atoms with van der Waals surface area (Å²) in [5, 5.41) is 0. The first-order chi connectivity index (χ1) is 11.8. The van der Waals surface area contributed by atoms with E-state index in [9.17, 15) is 4.89 Å². The van der Waals surface area contributed by atoms with Gasteiger partial charge in [-0.3, -0.25) is 0 Å². The van der Waals surface area contributed by atoms with E-state index in [4.69, 9.17) is 26.1 Å². The van der Waals surface area contributed by atoms with Crippen LogP contribution in [0, 0.1) is 11.8 Å². The molecule has 0 fully saturated rings. The van der Waals surface area contributed by atoms with Crippen molar-refractivity contribution in [1.29, 1.82) is 0 Å². The maximum absolute atomic E-state index is 12.1. The van der Waals surface area contributed by atoms with Crippen LogP contribution in [0.2, 0.25) is 0 Å². The van der Waals surface area contributed by atoms with Gasteiger partial charge in [-0.15, -0.1) is 11.4 Å². The van der Waals surface area contributed by atoms with Crippen LogP contribution >= 0.6 is 22.8 Å². The topological polar surface area (TPSA) is 72.8 Å². The van der Waals surface area contributed by atoms with Crippen LogP contribution < -0.4 is 4.89 Å². The van der Waals surface area contributed by atoms with Gasteiger partial charge in [-0.1, -0.05) is 89.8 Å². The van der Waals surface area contributed by atoms with E-state index in [0.717, 1.165) is 36.9 Å². The second kappa shape index (κ2) is 20.4. The van der Waals surface area contributed by atoms with Crippen molar-refractivity contribution in [2.24, 2.45) is 11.8 Å². The van der Waals surface area contributed by atoms with Gasteiger partial charge in [0.15, 0.2) is 0 Å². The van der Waals surface area contributed by atoms with Crippen molar-refractivity contribution in [3.63, 3.8) is 0 Å². The SMILES string of the molecule is CC(C)CCCCCOP([O-])(=S)SCCCCCC(C)C.OP(O)(=S)[S-].[Zn+2]. The molecule has 0 aromatic rings. The summed E-state index contributed by atoms with van der Waals surface area (Å²) < 4.78 is 5.41. The summed E-state index contributed by atoms with van der Waals surface area (Å²) in [6.07, 6.45) is 9.45. The minimum atomic E-state index is -3.22. The summed E-state index contributed by atoms with van der Waals surface area (Å²) in [6, 6.07) is 0. The second-order valence-corrected chi connectivity index (χ2v) is 18.0. The molecule has 0 saturated carbocycles. The smallest absolute Gasteiger partial charge is 0.793 e. The fourth-order valence-electron chi connectivity index (χ4n) is 2.05. The van der Waals surface area contributed by atoms with Gasteiger partial charge in [0.25, 0.3) is 0 Å². The minimum Gasteiger partial charge on any atom is -0.793 e. The van der Waals surface area contributed by atoms with Gasteiger partial charge < -0.3 is 31.5 Å². The third-order valence-corrected chi connectivity index (χ3v) is 7.71. The fourth-order valence-corrected chi connectivity index (χ4v) is 5.44. The number of hydrogen-bond donors (Lipinski definition) is 2. The Morgan fingerprint density at radius 3 is 1.74 bits per heavy atom. The third kappa shape index (κ3) is 39.5.